The summed E-state index contributed by atoms with van der Waals surface area (Å²) in [5, 5.41) is 5.98. The molecule has 0 saturated heterocycles. The molecule has 3 aromatic rings. The van der Waals surface area contributed by atoms with Crippen LogP contribution in [0.3, 0.4) is 0 Å². The predicted octanol–water partition coefficient (Wildman–Crippen LogP) is 3.06. The molecule has 108 valence electrons. The first-order valence-corrected chi connectivity index (χ1v) is 7.33. The maximum absolute atomic E-state index is 4.52. The number of aryl methyl sites for hydroxylation is 1. The Morgan fingerprint density at radius 3 is 2.86 bits per heavy atom. The van der Waals surface area contributed by atoms with E-state index in [-0.39, 0.29) is 6.04 Å². The molecule has 0 fully saturated rings. The largest absolute Gasteiger partial charge is 0.340 e. The van der Waals surface area contributed by atoms with E-state index < -0.39 is 0 Å². The predicted molar refractivity (Wildman–Crippen MR) is 85.1 cm³/mol. The van der Waals surface area contributed by atoms with Gasteiger partial charge >= 0.3 is 0 Å². The summed E-state index contributed by atoms with van der Waals surface area (Å²) in [4.78, 5) is 8.92. The molecule has 2 aromatic heterocycles. The van der Waals surface area contributed by atoms with E-state index in [9.17, 15) is 0 Å². The van der Waals surface area contributed by atoms with Gasteiger partial charge in [-0.2, -0.15) is 0 Å². The van der Waals surface area contributed by atoms with Gasteiger partial charge in [-0.25, -0.2) is 4.98 Å². The van der Waals surface area contributed by atoms with E-state index in [0.717, 1.165) is 24.0 Å². The third-order valence-electron chi connectivity index (χ3n) is 3.63. The van der Waals surface area contributed by atoms with Crippen molar-refractivity contribution in [3.05, 3.63) is 60.4 Å². The highest BCUT2D eigenvalue weighted by Gasteiger charge is 2.18. The molecule has 0 bridgehead atoms. The summed E-state index contributed by atoms with van der Waals surface area (Å²) < 4.78 is 1.98. The van der Waals surface area contributed by atoms with Crippen molar-refractivity contribution in [2.45, 2.75) is 19.4 Å². The van der Waals surface area contributed by atoms with Gasteiger partial charge in [0.15, 0.2) is 0 Å². The van der Waals surface area contributed by atoms with Crippen LogP contribution in [-0.4, -0.2) is 21.1 Å². The normalized spacial score (nSPS) is 12.7. The van der Waals surface area contributed by atoms with Crippen LogP contribution < -0.4 is 5.32 Å². The van der Waals surface area contributed by atoms with Crippen LogP contribution in [-0.2, 0) is 7.05 Å². The Morgan fingerprint density at radius 2 is 2.10 bits per heavy atom. The second-order valence-electron chi connectivity index (χ2n) is 5.30. The average molecular weight is 280 g/mol. The van der Waals surface area contributed by atoms with E-state index in [4.69, 9.17) is 0 Å². The Balaban J connectivity index is 2.09. The Kier molecular flexibility index (Phi) is 3.97. The fraction of sp³-hybridized carbons (Fsp3) is 0.294. The van der Waals surface area contributed by atoms with E-state index >= 15 is 0 Å². The third-order valence-corrected chi connectivity index (χ3v) is 3.63. The summed E-state index contributed by atoms with van der Waals surface area (Å²) in [6.07, 6.45) is 8.85. The van der Waals surface area contributed by atoms with Crippen molar-refractivity contribution in [3.8, 4) is 0 Å². The molecule has 0 aliphatic carbocycles. The maximum Gasteiger partial charge on any atom is 0.0947 e. The number of hydrogen-bond donors (Lipinski definition) is 1. The zero-order chi connectivity index (χ0) is 14.7. The minimum atomic E-state index is 0.0738. The van der Waals surface area contributed by atoms with Crippen molar-refractivity contribution < 1.29 is 0 Å². The molecule has 2 heterocycles. The number of aromatic nitrogens is 3. The van der Waals surface area contributed by atoms with Crippen molar-refractivity contribution in [2.75, 3.05) is 6.54 Å². The van der Waals surface area contributed by atoms with Crippen LogP contribution in [0, 0.1) is 0 Å². The van der Waals surface area contributed by atoms with Gasteiger partial charge < -0.3 is 9.88 Å². The van der Waals surface area contributed by atoms with Gasteiger partial charge in [0.1, 0.15) is 0 Å². The molecule has 0 aliphatic rings. The average Bonchev–Trinajstić information content (AvgIpc) is 2.94. The molecule has 4 heteroatoms. The smallest absolute Gasteiger partial charge is 0.0947 e. The summed E-state index contributed by atoms with van der Waals surface area (Å²) in [6.45, 7) is 3.12. The molecule has 3 rings (SSSR count). The van der Waals surface area contributed by atoms with Gasteiger partial charge in [0.2, 0.25) is 0 Å². The lowest BCUT2D eigenvalue weighted by molar-refractivity contribution is 0.590. The first-order valence-electron chi connectivity index (χ1n) is 7.33. The zero-order valence-electron chi connectivity index (χ0n) is 12.5. The second-order valence-corrected chi connectivity index (χ2v) is 5.30. The summed E-state index contributed by atoms with van der Waals surface area (Å²) in [6, 6.07) is 8.44. The molecule has 1 atom stereocenters. The maximum atomic E-state index is 4.52. The molecule has 1 aromatic carbocycles. The lowest BCUT2D eigenvalue weighted by Gasteiger charge is -2.18. The Labute approximate surface area is 124 Å². The van der Waals surface area contributed by atoms with Gasteiger partial charge in [-0.3, -0.25) is 4.98 Å². The molecule has 0 aliphatic heterocycles. The number of nitrogens with one attached hydrogen (secondary N) is 1. The molecular formula is C17H20N4. The van der Waals surface area contributed by atoms with Crippen LogP contribution in [0.4, 0.5) is 0 Å². The first-order chi connectivity index (χ1) is 10.3. The quantitative estimate of drug-likeness (QED) is 0.781. The SMILES string of the molecule is CCCNC(c1cn(C)cn1)c1cncc2ccccc12. The molecule has 21 heavy (non-hydrogen) atoms. The Hall–Kier alpha value is -2.20. The molecule has 1 unspecified atom stereocenters. The van der Waals surface area contributed by atoms with E-state index in [1.54, 1.807) is 0 Å². The van der Waals surface area contributed by atoms with Gasteiger partial charge in [0.05, 0.1) is 18.1 Å². The van der Waals surface area contributed by atoms with E-state index in [1.807, 2.05) is 36.4 Å². The number of benzene rings is 1. The lowest BCUT2D eigenvalue weighted by atomic mass is 9.99. The van der Waals surface area contributed by atoms with Gasteiger partial charge in [0, 0.05) is 36.6 Å². The Bertz CT molecular complexity index is 727. The number of hydrogen-bond acceptors (Lipinski definition) is 3. The molecule has 4 nitrogen and oxygen atoms in total. The van der Waals surface area contributed by atoms with Gasteiger partial charge in [-0.1, -0.05) is 31.2 Å². The summed E-state index contributed by atoms with van der Waals surface area (Å²) in [5.74, 6) is 0. The number of rotatable bonds is 5. The topological polar surface area (TPSA) is 42.7 Å². The molecule has 0 saturated carbocycles. The van der Waals surface area contributed by atoms with Crippen molar-refractivity contribution in [1.82, 2.24) is 19.9 Å². The number of imidazole rings is 1. The van der Waals surface area contributed by atoms with Gasteiger partial charge in [0.25, 0.3) is 0 Å². The highest BCUT2D eigenvalue weighted by Crippen LogP contribution is 2.27. The zero-order valence-corrected chi connectivity index (χ0v) is 12.5. The number of pyridine rings is 1. The van der Waals surface area contributed by atoms with Crippen LogP contribution in [0.25, 0.3) is 10.8 Å². The minimum absolute atomic E-state index is 0.0738. The van der Waals surface area contributed by atoms with Crippen molar-refractivity contribution >= 4 is 10.8 Å². The standard InChI is InChI=1S/C17H20N4/c1-3-8-19-17(16-11-21(2)12-20-16)15-10-18-9-13-6-4-5-7-14(13)15/h4-7,9-12,17,19H,3,8H2,1-2H3. The van der Waals surface area contributed by atoms with Crippen molar-refractivity contribution in [3.63, 3.8) is 0 Å². The summed E-state index contributed by atoms with van der Waals surface area (Å²) >= 11 is 0. The van der Waals surface area contributed by atoms with E-state index in [0.29, 0.717) is 0 Å². The molecule has 0 amide bonds. The van der Waals surface area contributed by atoms with Crippen LogP contribution in [0.1, 0.15) is 30.6 Å². The van der Waals surface area contributed by atoms with Crippen LogP contribution in [0.2, 0.25) is 0 Å². The van der Waals surface area contributed by atoms with Crippen molar-refractivity contribution in [1.29, 1.82) is 0 Å². The van der Waals surface area contributed by atoms with Gasteiger partial charge in [-0.15, -0.1) is 0 Å². The molecule has 0 spiro atoms. The fourth-order valence-electron chi connectivity index (χ4n) is 2.61. The molecule has 1 N–H and O–H groups in total. The van der Waals surface area contributed by atoms with Crippen LogP contribution in [0.5, 0.6) is 0 Å². The molecule has 0 radical (unpaired) electrons. The van der Waals surface area contributed by atoms with Gasteiger partial charge in [-0.05, 0) is 18.4 Å². The van der Waals surface area contributed by atoms with Crippen molar-refractivity contribution in [2.24, 2.45) is 7.05 Å². The summed E-state index contributed by atoms with van der Waals surface area (Å²) in [7, 11) is 1.99. The highest BCUT2D eigenvalue weighted by atomic mass is 15.0. The Morgan fingerprint density at radius 1 is 1.24 bits per heavy atom. The lowest BCUT2D eigenvalue weighted by Crippen LogP contribution is -2.24. The van der Waals surface area contributed by atoms with E-state index in [2.05, 4.69) is 46.6 Å². The fourth-order valence-corrected chi connectivity index (χ4v) is 2.61. The first kappa shape index (κ1) is 13.8. The highest BCUT2D eigenvalue weighted by molar-refractivity contribution is 5.85. The molecular weight excluding hydrogens is 260 g/mol. The van der Waals surface area contributed by atoms with Crippen LogP contribution in [0.15, 0.2) is 49.2 Å². The summed E-state index contributed by atoms with van der Waals surface area (Å²) in [5.41, 5.74) is 2.21. The minimum Gasteiger partial charge on any atom is -0.340 e. The van der Waals surface area contributed by atoms with Crippen LogP contribution >= 0.6 is 0 Å². The number of nitrogens with zero attached hydrogens (tertiary/aromatic N) is 3. The number of fused-ring (bicyclic) bond motifs is 1. The van der Waals surface area contributed by atoms with E-state index in [1.165, 1.54) is 10.9 Å². The third kappa shape index (κ3) is 2.81. The second kappa shape index (κ2) is 6.06. The monoisotopic (exact) mass is 280 g/mol.